The lowest BCUT2D eigenvalue weighted by Gasteiger charge is -2.16. The van der Waals surface area contributed by atoms with Crippen LogP contribution in [0.2, 0.25) is 0 Å². The van der Waals surface area contributed by atoms with Crippen LogP contribution in [0.25, 0.3) is 10.8 Å². The van der Waals surface area contributed by atoms with Gasteiger partial charge in [-0.05, 0) is 31.8 Å². The van der Waals surface area contributed by atoms with Crippen molar-refractivity contribution in [3.8, 4) is 0 Å². The van der Waals surface area contributed by atoms with E-state index in [1.165, 1.54) is 22.9 Å². The van der Waals surface area contributed by atoms with Crippen molar-refractivity contribution in [2.75, 3.05) is 18.9 Å². The van der Waals surface area contributed by atoms with Gasteiger partial charge in [0.2, 0.25) is 0 Å². The molecule has 0 aromatic heterocycles. The molecule has 1 heterocycles. The van der Waals surface area contributed by atoms with Gasteiger partial charge in [-0.3, -0.25) is 0 Å². The predicted octanol–water partition coefficient (Wildman–Crippen LogP) is 3.34. The standard InChI is InChI=1S/C16H20N2/c1-12-10-14(11-18(12)2)17-16-9-5-7-13-6-3-4-8-15(13)16/h3-9,12,14,17H,10-11H2,1-2H3. The summed E-state index contributed by atoms with van der Waals surface area (Å²) in [5.41, 5.74) is 1.26. The average Bonchev–Trinajstić information content (AvgIpc) is 2.69. The van der Waals surface area contributed by atoms with E-state index < -0.39 is 0 Å². The van der Waals surface area contributed by atoms with Gasteiger partial charge in [0.25, 0.3) is 0 Å². The molecule has 2 heteroatoms. The molecule has 1 N–H and O–H groups in total. The number of nitrogens with zero attached hydrogens (tertiary/aromatic N) is 1. The highest BCUT2D eigenvalue weighted by atomic mass is 15.2. The molecular weight excluding hydrogens is 220 g/mol. The van der Waals surface area contributed by atoms with Crippen LogP contribution in [0.3, 0.4) is 0 Å². The first-order chi connectivity index (χ1) is 8.74. The van der Waals surface area contributed by atoms with Crippen molar-refractivity contribution in [3.63, 3.8) is 0 Å². The zero-order valence-corrected chi connectivity index (χ0v) is 11.1. The fourth-order valence-electron chi connectivity index (χ4n) is 2.87. The Kier molecular flexibility index (Phi) is 2.96. The maximum absolute atomic E-state index is 3.70. The number of likely N-dealkylation sites (tertiary alicyclic amines) is 1. The van der Waals surface area contributed by atoms with Crippen molar-refractivity contribution >= 4 is 16.5 Å². The molecule has 18 heavy (non-hydrogen) atoms. The molecule has 2 aromatic carbocycles. The van der Waals surface area contributed by atoms with Crippen LogP contribution in [-0.4, -0.2) is 30.6 Å². The van der Waals surface area contributed by atoms with Crippen LogP contribution in [0.1, 0.15) is 13.3 Å². The molecule has 2 atom stereocenters. The maximum atomic E-state index is 3.70. The van der Waals surface area contributed by atoms with Crippen molar-refractivity contribution in [3.05, 3.63) is 42.5 Å². The number of hydrogen-bond donors (Lipinski definition) is 1. The van der Waals surface area contributed by atoms with E-state index >= 15 is 0 Å². The average molecular weight is 240 g/mol. The normalized spacial score (nSPS) is 24.6. The molecule has 0 bridgehead atoms. The number of rotatable bonds is 2. The van der Waals surface area contributed by atoms with E-state index in [2.05, 4.69) is 66.7 Å². The molecule has 1 fully saturated rings. The summed E-state index contributed by atoms with van der Waals surface area (Å²) in [5.74, 6) is 0. The van der Waals surface area contributed by atoms with Crippen molar-refractivity contribution < 1.29 is 0 Å². The predicted molar refractivity (Wildman–Crippen MR) is 78.1 cm³/mol. The minimum Gasteiger partial charge on any atom is -0.380 e. The largest absolute Gasteiger partial charge is 0.380 e. The molecule has 0 amide bonds. The van der Waals surface area contributed by atoms with Gasteiger partial charge in [-0.15, -0.1) is 0 Å². The van der Waals surface area contributed by atoms with Gasteiger partial charge < -0.3 is 10.2 Å². The number of anilines is 1. The highest BCUT2D eigenvalue weighted by Crippen LogP contribution is 2.26. The van der Waals surface area contributed by atoms with Crippen LogP contribution >= 0.6 is 0 Å². The van der Waals surface area contributed by atoms with Crippen molar-refractivity contribution in [1.82, 2.24) is 4.90 Å². The van der Waals surface area contributed by atoms with Gasteiger partial charge in [0.15, 0.2) is 0 Å². The highest BCUT2D eigenvalue weighted by Gasteiger charge is 2.25. The zero-order chi connectivity index (χ0) is 12.5. The summed E-state index contributed by atoms with van der Waals surface area (Å²) in [5, 5.41) is 6.33. The molecule has 2 unspecified atom stereocenters. The first kappa shape index (κ1) is 11.5. The molecule has 3 rings (SSSR count). The maximum Gasteiger partial charge on any atom is 0.0422 e. The van der Waals surface area contributed by atoms with Crippen LogP contribution < -0.4 is 5.32 Å². The molecule has 2 aromatic rings. The zero-order valence-electron chi connectivity index (χ0n) is 11.1. The first-order valence-electron chi connectivity index (χ1n) is 6.68. The molecule has 0 saturated carbocycles. The smallest absolute Gasteiger partial charge is 0.0422 e. The van der Waals surface area contributed by atoms with Crippen molar-refractivity contribution in [2.24, 2.45) is 0 Å². The van der Waals surface area contributed by atoms with Crippen molar-refractivity contribution in [1.29, 1.82) is 0 Å². The van der Waals surface area contributed by atoms with Gasteiger partial charge in [-0.2, -0.15) is 0 Å². The Balaban J connectivity index is 1.87. The lowest BCUT2D eigenvalue weighted by molar-refractivity contribution is 0.330. The van der Waals surface area contributed by atoms with E-state index in [1.807, 2.05) is 0 Å². The number of likely N-dealkylation sites (N-methyl/N-ethyl adjacent to an activating group) is 1. The summed E-state index contributed by atoms with van der Waals surface area (Å²) >= 11 is 0. The number of nitrogens with one attached hydrogen (secondary N) is 1. The molecule has 2 nitrogen and oxygen atoms in total. The van der Waals surface area contributed by atoms with Gasteiger partial charge in [-0.1, -0.05) is 36.4 Å². The van der Waals surface area contributed by atoms with E-state index in [1.54, 1.807) is 0 Å². The molecule has 1 aliphatic rings. The lowest BCUT2D eigenvalue weighted by atomic mass is 10.1. The summed E-state index contributed by atoms with van der Waals surface area (Å²) in [7, 11) is 2.20. The van der Waals surface area contributed by atoms with Gasteiger partial charge in [0, 0.05) is 29.7 Å². The second kappa shape index (κ2) is 4.62. The van der Waals surface area contributed by atoms with Gasteiger partial charge in [-0.25, -0.2) is 0 Å². The topological polar surface area (TPSA) is 15.3 Å². The molecule has 1 saturated heterocycles. The Labute approximate surface area is 109 Å². The summed E-state index contributed by atoms with van der Waals surface area (Å²) in [6.07, 6.45) is 1.22. The second-order valence-corrected chi connectivity index (χ2v) is 5.39. The third-order valence-electron chi connectivity index (χ3n) is 4.04. The minimum absolute atomic E-state index is 0.566. The summed E-state index contributed by atoms with van der Waals surface area (Å²) in [6.45, 7) is 3.43. The van der Waals surface area contributed by atoms with Gasteiger partial charge in [0.05, 0.1) is 0 Å². The highest BCUT2D eigenvalue weighted by molar-refractivity contribution is 5.93. The van der Waals surface area contributed by atoms with E-state index in [-0.39, 0.29) is 0 Å². The lowest BCUT2D eigenvalue weighted by Crippen LogP contribution is -2.24. The quantitative estimate of drug-likeness (QED) is 0.866. The fraction of sp³-hybridized carbons (Fsp3) is 0.375. The van der Waals surface area contributed by atoms with Crippen LogP contribution in [0.15, 0.2) is 42.5 Å². The number of hydrogen-bond acceptors (Lipinski definition) is 2. The number of fused-ring (bicyclic) bond motifs is 1. The Morgan fingerprint density at radius 3 is 2.67 bits per heavy atom. The summed E-state index contributed by atoms with van der Waals surface area (Å²) in [6, 6.07) is 16.3. The molecular formula is C16H20N2. The molecule has 0 radical (unpaired) electrons. The van der Waals surface area contributed by atoms with Gasteiger partial charge in [0.1, 0.15) is 0 Å². The van der Waals surface area contributed by atoms with E-state index in [0.29, 0.717) is 12.1 Å². The van der Waals surface area contributed by atoms with Crippen LogP contribution in [0.4, 0.5) is 5.69 Å². The van der Waals surface area contributed by atoms with Crippen LogP contribution in [-0.2, 0) is 0 Å². The monoisotopic (exact) mass is 240 g/mol. The Hall–Kier alpha value is -1.54. The second-order valence-electron chi connectivity index (χ2n) is 5.39. The van der Waals surface area contributed by atoms with Crippen molar-refractivity contribution in [2.45, 2.75) is 25.4 Å². The van der Waals surface area contributed by atoms with E-state index in [9.17, 15) is 0 Å². The summed E-state index contributed by atoms with van der Waals surface area (Å²) < 4.78 is 0. The SMILES string of the molecule is CC1CC(Nc2cccc3ccccc23)CN1C. The van der Waals surface area contributed by atoms with Crippen LogP contribution in [0.5, 0.6) is 0 Å². The molecule has 94 valence electrons. The minimum atomic E-state index is 0.566. The third kappa shape index (κ3) is 2.08. The molecule has 0 spiro atoms. The molecule has 0 aliphatic carbocycles. The summed E-state index contributed by atoms with van der Waals surface area (Å²) in [4.78, 5) is 2.42. The molecule has 1 aliphatic heterocycles. The fourth-order valence-corrected chi connectivity index (χ4v) is 2.87. The Bertz CT molecular complexity index is 534. The van der Waals surface area contributed by atoms with Gasteiger partial charge >= 0.3 is 0 Å². The van der Waals surface area contributed by atoms with E-state index in [4.69, 9.17) is 0 Å². The first-order valence-corrected chi connectivity index (χ1v) is 6.68. The number of benzene rings is 2. The third-order valence-corrected chi connectivity index (χ3v) is 4.04. The Morgan fingerprint density at radius 2 is 1.89 bits per heavy atom. The van der Waals surface area contributed by atoms with E-state index in [0.717, 1.165) is 6.54 Å². The Morgan fingerprint density at radius 1 is 1.11 bits per heavy atom. The van der Waals surface area contributed by atoms with Crippen LogP contribution in [0, 0.1) is 0 Å².